The van der Waals surface area contributed by atoms with Gasteiger partial charge in [-0.2, -0.15) is 0 Å². The van der Waals surface area contributed by atoms with Gasteiger partial charge >= 0.3 is 0 Å². The molecule has 1 aromatic carbocycles. The van der Waals surface area contributed by atoms with Crippen LogP contribution in [0.3, 0.4) is 0 Å². The zero-order valence-corrected chi connectivity index (χ0v) is 12.4. The second-order valence-corrected chi connectivity index (χ2v) is 6.26. The highest BCUT2D eigenvalue weighted by Crippen LogP contribution is 2.22. The number of nitrogens with zero attached hydrogens (tertiary/aromatic N) is 1. The van der Waals surface area contributed by atoms with Gasteiger partial charge in [0.2, 0.25) is 5.91 Å². The molecular weight excluding hydrogens is 276 g/mol. The summed E-state index contributed by atoms with van der Waals surface area (Å²) in [6.45, 7) is 4.25. The van der Waals surface area contributed by atoms with Crippen LogP contribution in [0.4, 0.5) is 0 Å². The largest absolute Gasteiger partial charge is 0.431 e. The van der Waals surface area contributed by atoms with Crippen LogP contribution >= 0.6 is 11.8 Å². The number of fused-ring (bicyclic) bond motifs is 1. The molecular formula is C14H18N2O3S. The fraction of sp³-hybridized carbons (Fsp3) is 0.429. The molecule has 108 valence electrons. The van der Waals surface area contributed by atoms with Gasteiger partial charge in [-0.3, -0.25) is 4.79 Å². The van der Waals surface area contributed by atoms with E-state index in [9.17, 15) is 4.79 Å². The van der Waals surface area contributed by atoms with E-state index in [1.54, 1.807) is 0 Å². The molecule has 1 amide bonds. The van der Waals surface area contributed by atoms with E-state index in [-0.39, 0.29) is 23.7 Å². The van der Waals surface area contributed by atoms with E-state index < -0.39 is 0 Å². The molecule has 2 aromatic rings. The average Bonchev–Trinajstić information content (AvgIpc) is 2.86. The third kappa shape index (κ3) is 3.98. The molecule has 0 bridgehead atoms. The highest BCUT2D eigenvalue weighted by molar-refractivity contribution is 7.99. The van der Waals surface area contributed by atoms with Crippen molar-refractivity contribution in [1.29, 1.82) is 0 Å². The van der Waals surface area contributed by atoms with Crippen molar-refractivity contribution >= 4 is 28.8 Å². The predicted molar refractivity (Wildman–Crippen MR) is 78.6 cm³/mol. The minimum absolute atomic E-state index is 0.0333. The number of carbonyl (C=O) groups excluding carboxylic acids is 1. The first-order valence-electron chi connectivity index (χ1n) is 6.36. The number of rotatable bonds is 6. The molecule has 2 N–H and O–H groups in total. The molecule has 0 aliphatic heterocycles. The Morgan fingerprint density at radius 1 is 1.45 bits per heavy atom. The molecule has 6 heteroatoms. The Bertz CT molecular complexity index is 562. The number of thioether (sulfide) groups is 1. The first-order valence-corrected chi connectivity index (χ1v) is 7.35. The number of para-hydroxylation sites is 2. The van der Waals surface area contributed by atoms with Gasteiger partial charge in [0.25, 0.3) is 5.22 Å². The van der Waals surface area contributed by atoms with Gasteiger partial charge in [0, 0.05) is 18.6 Å². The molecule has 0 spiro atoms. The molecule has 0 atom stereocenters. The summed E-state index contributed by atoms with van der Waals surface area (Å²) >= 11 is 1.26. The van der Waals surface area contributed by atoms with Crippen molar-refractivity contribution in [1.82, 2.24) is 10.3 Å². The highest BCUT2D eigenvalue weighted by Gasteiger charge is 2.17. The van der Waals surface area contributed by atoms with Crippen molar-refractivity contribution < 1.29 is 14.3 Å². The lowest BCUT2D eigenvalue weighted by molar-refractivity contribution is -0.119. The van der Waals surface area contributed by atoms with Crippen LogP contribution in [0.15, 0.2) is 33.9 Å². The monoisotopic (exact) mass is 294 g/mol. The fourth-order valence-electron chi connectivity index (χ4n) is 1.48. The van der Waals surface area contributed by atoms with Crippen LogP contribution in [0, 0.1) is 5.41 Å². The number of oxazole rings is 1. The molecule has 0 radical (unpaired) electrons. The van der Waals surface area contributed by atoms with Gasteiger partial charge in [-0.15, -0.1) is 0 Å². The van der Waals surface area contributed by atoms with Gasteiger partial charge in [0.15, 0.2) is 5.58 Å². The smallest absolute Gasteiger partial charge is 0.257 e. The summed E-state index contributed by atoms with van der Waals surface area (Å²) in [6.07, 6.45) is 0. The van der Waals surface area contributed by atoms with Gasteiger partial charge in [-0.25, -0.2) is 4.98 Å². The summed E-state index contributed by atoms with van der Waals surface area (Å²) in [7, 11) is 0. The molecule has 5 nitrogen and oxygen atoms in total. The van der Waals surface area contributed by atoms with E-state index in [4.69, 9.17) is 9.52 Å². The Morgan fingerprint density at radius 2 is 2.20 bits per heavy atom. The van der Waals surface area contributed by atoms with E-state index in [0.717, 1.165) is 11.1 Å². The van der Waals surface area contributed by atoms with Gasteiger partial charge in [-0.1, -0.05) is 37.7 Å². The SMILES string of the molecule is CC(C)(CO)CNC(=O)CSc1nc2ccccc2o1. The van der Waals surface area contributed by atoms with Crippen molar-refractivity contribution in [3.63, 3.8) is 0 Å². The van der Waals surface area contributed by atoms with Crippen molar-refractivity contribution in [2.75, 3.05) is 18.9 Å². The number of nitrogens with one attached hydrogen (secondary N) is 1. The molecule has 0 unspecified atom stereocenters. The lowest BCUT2D eigenvalue weighted by Crippen LogP contribution is -2.36. The molecule has 0 fully saturated rings. The maximum absolute atomic E-state index is 11.7. The lowest BCUT2D eigenvalue weighted by atomic mass is 9.95. The van der Waals surface area contributed by atoms with E-state index in [1.165, 1.54) is 11.8 Å². The Labute approximate surface area is 121 Å². The number of hydrogen-bond donors (Lipinski definition) is 2. The molecule has 2 rings (SSSR count). The number of hydrogen-bond acceptors (Lipinski definition) is 5. The van der Waals surface area contributed by atoms with Crippen LogP contribution in [0.25, 0.3) is 11.1 Å². The minimum Gasteiger partial charge on any atom is -0.431 e. The average molecular weight is 294 g/mol. The van der Waals surface area contributed by atoms with Crippen LogP contribution in [-0.2, 0) is 4.79 Å². The van der Waals surface area contributed by atoms with E-state index >= 15 is 0 Å². The maximum atomic E-state index is 11.7. The fourth-order valence-corrected chi connectivity index (χ4v) is 2.15. The van der Waals surface area contributed by atoms with Crippen molar-refractivity contribution in [2.45, 2.75) is 19.1 Å². The summed E-state index contributed by atoms with van der Waals surface area (Å²) in [5.74, 6) is 0.146. The Balaban J connectivity index is 1.84. The van der Waals surface area contributed by atoms with Gasteiger partial charge in [0.05, 0.1) is 5.75 Å². The van der Waals surface area contributed by atoms with Gasteiger partial charge in [-0.05, 0) is 12.1 Å². The Hall–Kier alpha value is -1.53. The summed E-state index contributed by atoms with van der Waals surface area (Å²) in [4.78, 5) is 16.0. The second kappa shape index (κ2) is 6.28. The quantitative estimate of drug-likeness (QED) is 0.798. The number of aliphatic hydroxyl groups is 1. The van der Waals surface area contributed by atoms with Crippen LogP contribution in [0.1, 0.15) is 13.8 Å². The second-order valence-electron chi connectivity index (χ2n) is 5.34. The van der Waals surface area contributed by atoms with Gasteiger partial charge < -0.3 is 14.8 Å². The summed E-state index contributed by atoms with van der Waals surface area (Å²) < 4.78 is 5.52. The number of amides is 1. The van der Waals surface area contributed by atoms with Gasteiger partial charge in [0.1, 0.15) is 5.52 Å². The lowest BCUT2D eigenvalue weighted by Gasteiger charge is -2.21. The summed E-state index contributed by atoms with van der Waals surface area (Å²) in [5, 5.41) is 12.4. The summed E-state index contributed by atoms with van der Waals surface area (Å²) in [6, 6.07) is 7.48. The molecule has 1 heterocycles. The Kier molecular flexibility index (Phi) is 4.67. The standard InChI is InChI=1S/C14H18N2O3S/c1-14(2,9-17)8-15-12(18)7-20-13-16-10-5-3-4-6-11(10)19-13/h3-6,17H,7-9H2,1-2H3,(H,15,18). The first-order chi connectivity index (χ1) is 9.50. The number of carbonyl (C=O) groups is 1. The highest BCUT2D eigenvalue weighted by atomic mass is 32.2. The van der Waals surface area contributed by atoms with Crippen molar-refractivity contribution in [3.8, 4) is 0 Å². The summed E-state index contributed by atoms with van der Waals surface area (Å²) in [5.41, 5.74) is 1.20. The number of benzene rings is 1. The normalized spacial score (nSPS) is 11.8. The van der Waals surface area contributed by atoms with Crippen molar-refractivity contribution in [2.24, 2.45) is 5.41 Å². The molecule has 1 aromatic heterocycles. The van der Waals surface area contributed by atoms with E-state index in [0.29, 0.717) is 11.8 Å². The van der Waals surface area contributed by atoms with Crippen LogP contribution in [0.5, 0.6) is 0 Å². The van der Waals surface area contributed by atoms with Crippen LogP contribution < -0.4 is 5.32 Å². The van der Waals surface area contributed by atoms with Crippen LogP contribution in [0.2, 0.25) is 0 Å². The molecule has 0 saturated heterocycles. The topological polar surface area (TPSA) is 75.4 Å². The van der Waals surface area contributed by atoms with Crippen LogP contribution in [-0.4, -0.2) is 34.9 Å². The third-order valence-corrected chi connectivity index (χ3v) is 3.62. The van der Waals surface area contributed by atoms with Crippen molar-refractivity contribution in [3.05, 3.63) is 24.3 Å². The zero-order valence-electron chi connectivity index (χ0n) is 11.5. The zero-order chi connectivity index (χ0) is 14.6. The molecule has 0 saturated carbocycles. The Morgan fingerprint density at radius 3 is 2.90 bits per heavy atom. The predicted octanol–water partition coefficient (Wildman–Crippen LogP) is 2.05. The maximum Gasteiger partial charge on any atom is 0.257 e. The molecule has 0 aliphatic rings. The first kappa shape index (κ1) is 14.9. The molecule has 0 aliphatic carbocycles. The molecule has 20 heavy (non-hydrogen) atoms. The van der Waals surface area contributed by atoms with E-state index in [2.05, 4.69) is 10.3 Å². The number of aromatic nitrogens is 1. The number of aliphatic hydroxyl groups excluding tert-OH is 1. The van der Waals surface area contributed by atoms with E-state index in [1.807, 2.05) is 38.1 Å². The minimum atomic E-state index is -0.308. The third-order valence-electron chi connectivity index (χ3n) is 2.79.